The number of aliphatic hydroxyl groups is 1. The van der Waals surface area contributed by atoms with Crippen molar-refractivity contribution in [3.63, 3.8) is 0 Å². The van der Waals surface area contributed by atoms with Gasteiger partial charge in [-0.2, -0.15) is 0 Å². The van der Waals surface area contributed by atoms with Gasteiger partial charge in [0.1, 0.15) is 5.75 Å². The van der Waals surface area contributed by atoms with Crippen molar-refractivity contribution < 1.29 is 9.84 Å². The maximum absolute atomic E-state index is 10.1. The van der Waals surface area contributed by atoms with Gasteiger partial charge in [-0.3, -0.25) is 0 Å². The molecule has 0 aliphatic rings. The molecule has 0 spiro atoms. The molecule has 20 heavy (non-hydrogen) atoms. The van der Waals surface area contributed by atoms with Gasteiger partial charge in [-0.05, 0) is 51.8 Å². The van der Waals surface area contributed by atoms with E-state index in [0.29, 0.717) is 11.6 Å². The largest absolute Gasteiger partial charge is 0.496 e. The van der Waals surface area contributed by atoms with Gasteiger partial charge in [-0.25, -0.2) is 0 Å². The summed E-state index contributed by atoms with van der Waals surface area (Å²) in [4.78, 5) is 0. The van der Waals surface area contributed by atoms with Crippen molar-refractivity contribution in [2.24, 2.45) is 0 Å². The number of hydrogen-bond donors (Lipinski definition) is 2. The van der Waals surface area contributed by atoms with E-state index in [1.165, 1.54) is 0 Å². The van der Waals surface area contributed by atoms with Gasteiger partial charge in [-0.1, -0.05) is 23.7 Å². The number of rotatable bonds is 5. The Kier molecular flexibility index (Phi) is 5.29. The van der Waals surface area contributed by atoms with Crippen LogP contribution in [0.1, 0.15) is 11.7 Å². The summed E-state index contributed by atoms with van der Waals surface area (Å²) in [7, 11) is 1.62. The number of aliphatic hydroxyl groups excluding tert-OH is 1. The molecule has 106 valence electrons. The van der Waals surface area contributed by atoms with E-state index in [9.17, 15) is 5.11 Å². The van der Waals surface area contributed by atoms with E-state index < -0.39 is 6.10 Å². The first-order chi connectivity index (χ1) is 9.60. The lowest BCUT2D eigenvalue weighted by Crippen LogP contribution is -2.12. The summed E-state index contributed by atoms with van der Waals surface area (Å²) in [6.07, 6.45) is -0.590. The summed E-state index contributed by atoms with van der Waals surface area (Å²) >= 11 is 9.25. The van der Waals surface area contributed by atoms with Crippen molar-refractivity contribution >= 4 is 33.2 Å². The lowest BCUT2D eigenvalue weighted by atomic mass is 10.1. The SMILES string of the molecule is COc1ccc(NCC(O)c2ccc(Cl)cc2)cc1Br. The molecule has 5 heteroatoms. The molecule has 0 aliphatic heterocycles. The second kappa shape index (κ2) is 6.97. The summed E-state index contributed by atoms with van der Waals surface area (Å²) < 4.78 is 6.04. The topological polar surface area (TPSA) is 41.5 Å². The molecule has 2 aromatic rings. The lowest BCUT2D eigenvalue weighted by molar-refractivity contribution is 0.191. The number of hydrogen-bond acceptors (Lipinski definition) is 3. The highest BCUT2D eigenvalue weighted by Crippen LogP contribution is 2.28. The fourth-order valence-corrected chi connectivity index (χ4v) is 2.46. The van der Waals surface area contributed by atoms with Crippen molar-refractivity contribution in [3.05, 3.63) is 57.5 Å². The van der Waals surface area contributed by atoms with Crippen LogP contribution in [0, 0.1) is 0 Å². The van der Waals surface area contributed by atoms with E-state index in [1.54, 1.807) is 19.2 Å². The van der Waals surface area contributed by atoms with Crippen molar-refractivity contribution in [2.75, 3.05) is 19.0 Å². The quantitative estimate of drug-likeness (QED) is 0.841. The van der Waals surface area contributed by atoms with Crippen LogP contribution < -0.4 is 10.1 Å². The van der Waals surface area contributed by atoms with Crippen molar-refractivity contribution in [1.29, 1.82) is 0 Å². The standard InChI is InChI=1S/C15H15BrClNO2/c1-20-15-7-6-12(8-13(15)16)18-9-14(19)10-2-4-11(17)5-3-10/h2-8,14,18-19H,9H2,1H3. The molecule has 0 aromatic heterocycles. The lowest BCUT2D eigenvalue weighted by Gasteiger charge is -2.14. The molecular formula is C15H15BrClNO2. The molecule has 0 saturated carbocycles. The van der Waals surface area contributed by atoms with Crippen LogP contribution in [0.3, 0.4) is 0 Å². The van der Waals surface area contributed by atoms with Gasteiger partial charge in [0.25, 0.3) is 0 Å². The predicted octanol–water partition coefficient (Wildman–Crippen LogP) is 4.26. The van der Waals surface area contributed by atoms with Crippen LogP contribution in [0.2, 0.25) is 5.02 Å². The Bertz CT molecular complexity index is 575. The maximum atomic E-state index is 10.1. The molecule has 1 unspecified atom stereocenters. The van der Waals surface area contributed by atoms with E-state index in [-0.39, 0.29) is 0 Å². The number of halogens is 2. The first kappa shape index (κ1) is 15.2. The molecule has 0 heterocycles. The highest BCUT2D eigenvalue weighted by atomic mass is 79.9. The third-order valence-electron chi connectivity index (χ3n) is 2.91. The van der Waals surface area contributed by atoms with E-state index in [1.807, 2.05) is 30.3 Å². The minimum absolute atomic E-state index is 0.417. The van der Waals surface area contributed by atoms with Crippen molar-refractivity contribution in [1.82, 2.24) is 0 Å². The smallest absolute Gasteiger partial charge is 0.133 e. The van der Waals surface area contributed by atoms with Gasteiger partial charge in [0.15, 0.2) is 0 Å². The van der Waals surface area contributed by atoms with Gasteiger partial charge in [0, 0.05) is 17.3 Å². The molecular weight excluding hydrogens is 342 g/mol. The van der Waals surface area contributed by atoms with E-state index in [2.05, 4.69) is 21.2 Å². The summed E-state index contributed by atoms with van der Waals surface area (Å²) in [5.74, 6) is 0.772. The van der Waals surface area contributed by atoms with Gasteiger partial charge in [-0.15, -0.1) is 0 Å². The highest BCUT2D eigenvalue weighted by molar-refractivity contribution is 9.10. The molecule has 0 aliphatic carbocycles. The molecule has 1 atom stereocenters. The van der Waals surface area contributed by atoms with E-state index >= 15 is 0 Å². The molecule has 2 rings (SSSR count). The Morgan fingerprint density at radius 1 is 1.25 bits per heavy atom. The second-order valence-corrected chi connectivity index (χ2v) is 5.59. The third kappa shape index (κ3) is 3.88. The molecule has 0 fully saturated rings. The first-order valence-electron chi connectivity index (χ1n) is 6.11. The third-order valence-corrected chi connectivity index (χ3v) is 3.78. The van der Waals surface area contributed by atoms with Gasteiger partial charge >= 0.3 is 0 Å². The summed E-state index contributed by atoms with van der Waals surface area (Å²) in [5.41, 5.74) is 1.74. The van der Waals surface area contributed by atoms with Crippen LogP contribution in [-0.2, 0) is 0 Å². The monoisotopic (exact) mass is 355 g/mol. The molecule has 0 bridgehead atoms. The molecule has 0 radical (unpaired) electrons. The molecule has 2 aromatic carbocycles. The Morgan fingerprint density at radius 2 is 1.95 bits per heavy atom. The van der Waals surface area contributed by atoms with Gasteiger partial charge in [0.2, 0.25) is 0 Å². The number of benzene rings is 2. The summed E-state index contributed by atoms with van der Waals surface area (Å²) in [5, 5.41) is 13.9. The Hall–Kier alpha value is -1.23. The fourth-order valence-electron chi connectivity index (χ4n) is 1.79. The zero-order valence-corrected chi connectivity index (χ0v) is 13.3. The fraction of sp³-hybridized carbons (Fsp3) is 0.200. The molecule has 0 amide bonds. The zero-order chi connectivity index (χ0) is 14.5. The summed E-state index contributed by atoms with van der Waals surface area (Å²) in [6, 6.07) is 12.8. The number of nitrogens with one attached hydrogen (secondary N) is 1. The number of anilines is 1. The average molecular weight is 357 g/mol. The zero-order valence-electron chi connectivity index (χ0n) is 10.9. The normalized spacial score (nSPS) is 12.0. The van der Waals surface area contributed by atoms with E-state index in [4.69, 9.17) is 16.3 Å². The van der Waals surface area contributed by atoms with Crippen molar-refractivity contribution in [2.45, 2.75) is 6.10 Å². The number of methoxy groups -OCH3 is 1. The average Bonchev–Trinajstić information content (AvgIpc) is 2.45. The maximum Gasteiger partial charge on any atom is 0.133 e. The van der Waals surface area contributed by atoms with Gasteiger partial charge in [0.05, 0.1) is 17.7 Å². The molecule has 3 nitrogen and oxygen atoms in total. The van der Waals surface area contributed by atoms with E-state index in [0.717, 1.165) is 21.5 Å². The van der Waals surface area contributed by atoms with Crippen LogP contribution >= 0.6 is 27.5 Å². The van der Waals surface area contributed by atoms with Crippen LogP contribution in [-0.4, -0.2) is 18.8 Å². The van der Waals surface area contributed by atoms with Gasteiger partial charge < -0.3 is 15.2 Å². The predicted molar refractivity (Wildman–Crippen MR) is 85.6 cm³/mol. The Balaban J connectivity index is 1.97. The Labute approximate surface area is 131 Å². The van der Waals surface area contributed by atoms with Crippen LogP contribution in [0.4, 0.5) is 5.69 Å². The number of ether oxygens (including phenoxy) is 1. The minimum atomic E-state index is -0.590. The van der Waals surface area contributed by atoms with Crippen LogP contribution in [0.5, 0.6) is 5.75 Å². The first-order valence-corrected chi connectivity index (χ1v) is 7.28. The second-order valence-electron chi connectivity index (χ2n) is 4.30. The minimum Gasteiger partial charge on any atom is -0.496 e. The Morgan fingerprint density at radius 3 is 2.55 bits per heavy atom. The van der Waals surface area contributed by atoms with Crippen molar-refractivity contribution in [3.8, 4) is 5.75 Å². The molecule has 0 saturated heterocycles. The molecule has 2 N–H and O–H groups in total. The summed E-state index contributed by atoms with van der Waals surface area (Å²) in [6.45, 7) is 0.417. The highest BCUT2D eigenvalue weighted by Gasteiger charge is 2.08. The van der Waals surface area contributed by atoms with Crippen LogP contribution in [0.15, 0.2) is 46.9 Å². The van der Waals surface area contributed by atoms with Crippen LogP contribution in [0.25, 0.3) is 0 Å².